The third-order valence-corrected chi connectivity index (χ3v) is 4.57. The molecule has 2 N–H and O–H groups in total. The second-order valence-corrected chi connectivity index (χ2v) is 7.38. The van der Waals surface area contributed by atoms with Gasteiger partial charge < -0.3 is 15.1 Å². The molecule has 0 atom stereocenters. The SMILES string of the molecule is CC(C)C(=O)N(CCCN=Cc1ccccc1O)CCCN=Cc1ccccc1O. The molecule has 0 saturated heterocycles. The Morgan fingerprint density at radius 2 is 1.30 bits per heavy atom. The van der Waals surface area contributed by atoms with E-state index in [0.717, 1.165) is 12.8 Å². The predicted octanol–water partition coefficient (Wildman–Crippen LogP) is 3.90. The fourth-order valence-electron chi connectivity index (χ4n) is 2.92. The standard InChI is InChI=1S/C24H31N3O3/c1-19(2)24(30)27(15-7-13-25-17-20-9-3-5-11-22(20)28)16-8-14-26-18-21-10-4-6-12-23(21)29/h3-6,9-12,17-19,28-29H,7-8,13-16H2,1-2H3. The molecule has 2 rings (SSSR count). The molecule has 0 fully saturated rings. The van der Waals surface area contributed by atoms with Crippen molar-refractivity contribution in [2.75, 3.05) is 26.2 Å². The highest BCUT2D eigenvalue weighted by Gasteiger charge is 2.16. The van der Waals surface area contributed by atoms with E-state index >= 15 is 0 Å². The van der Waals surface area contributed by atoms with Gasteiger partial charge in [-0.25, -0.2) is 0 Å². The summed E-state index contributed by atoms with van der Waals surface area (Å²) in [6.45, 7) is 6.25. The van der Waals surface area contributed by atoms with Gasteiger partial charge in [0.2, 0.25) is 5.91 Å². The fourth-order valence-corrected chi connectivity index (χ4v) is 2.92. The molecule has 2 aromatic carbocycles. The Kier molecular flexibility index (Phi) is 9.58. The molecule has 0 unspecified atom stereocenters. The number of benzene rings is 2. The van der Waals surface area contributed by atoms with Crippen molar-refractivity contribution in [2.45, 2.75) is 26.7 Å². The zero-order valence-electron chi connectivity index (χ0n) is 17.7. The van der Waals surface area contributed by atoms with Gasteiger partial charge in [0.1, 0.15) is 11.5 Å². The molecule has 0 aliphatic carbocycles. The van der Waals surface area contributed by atoms with Crippen LogP contribution in [0.25, 0.3) is 0 Å². The molecule has 0 aromatic heterocycles. The second-order valence-electron chi connectivity index (χ2n) is 7.38. The molecule has 0 saturated carbocycles. The lowest BCUT2D eigenvalue weighted by molar-refractivity contribution is -0.134. The third-order valence-electron chi connectivity index (χ3n) is 4.57. The molecule has 6 heteroatoms. The smallest absolute Gasteiger partial charge is 0.225 e. The van der Waals surface area contributed by atoms with E-state index < -0.39 is 0 Å². The van der Waals surface area contributed by atoms with E-state index in [1.807, 2.05) is 43.0 Å². The van der Waals surface area contributed by atoms with Gasteiger partial charge in [-0.05, 0) is 37.1 Å². The molecule has 0 radical (unpaired) electrons. The summed E-state index contributed by atoms with van der Waals surface area (Å²) in [6, 6.07) is 14.1. The van der Waals surface area contributed by atoms with E-state index in [9.17, 15) is 15.0 Å². The maximum atomic E-state index is 12.5. The van der Waals surface area contributed by atoms with Crippen molar-refractivity contribution in [3.63, 3.8) is 0 Å². The number of phenolic OH excluding ortho intramolecular Hbond substituents is 2. The van der Waals surface area contributed by atoms with E-state index in [2.05, 4.69) is 9.98 Å². The van der Waals surface area contributed by atoms with Crippen molar-refractivity contribution in [1.29, 1.82) is 0 Å². The van der Waals surface area contributed by atoms with Crippen LogP contribution >= 0.6 is 0 Å². The maximum Gasteiger partial charge on any atom is 0.225 e. The summed E-state index contributed by atoms with van der Waals surface area (Å²) in [5.74, 6) is 0.494. The van der Waals surface area contributed by atoms with Crippen LogP contribution in [0.5, 0.6) is 11.5 Å². The second kappa shape index (κ2) is 12.4. The lowest BCUT2D eigenvalue weighted by Gasteiger charge is -2.24. The first-order valence-corrected chi connectivity index (χ1v) is 10.3. The van der Waals surface area contributed by atoms with Crippen LogP contribution in [-0.2, 0) is 4.79 Å². The van der Waals surface area contributed by atoms with Crippen molar-refractivity contribution in [3.8, 4) is 11.5 Å². The van der Waals surface area contributed by atoms with Crippen LogP contribution in [0.2, 0.25) is 0 Å². The minimum atomic E-state index is -0.0560. The van der Waals surface area contributed by atoms with Crippen molar-refractivity contribution in [3.05, 3.63) is 59.7 Å². The minimum absolute atomic E-state index is 0.0560. The van der Waals surface area contributed by atoms with Gasteiger partial charge in [-0.2, -0.15) is 0 Å². The largest absolute Gasteiger partial charge is 0.507 e. The zero-order valence-corrected chi connectivity index (χ0v) is 17.7. The number of rotatable bonds is 11. The van der Waals surface area contributed by atoms with E-state index in [0.29, 0.717) is 37.3 Å². The molecule has 0 heterocycles. The molecular weight excluding hydrogens is 378 g/mol. The number of amides is 1. The summed E-state index contributed by atoms with van der Waals surface area (Å²) in [5.41, 5.74) is 1.38. The third kappa shape index (κ3) is 7.70. The molecule has 30 heavy (non-hydrogen) atoms. The molecule has 0 bridgehead atoms. The van der Waals surface area contributed by atoms with Crippen molar-refractivity contribution in [2.24, 2.45) is 15.9 Å². The molecule has 0 aliphatic heterocycles. The Hall–Kier alpha value is -3.15. The van der Waals surface area contributed by atoms with Crippen LogP contribution in [0.3, 0.4) is 0 Å². The number of hydrogen-bond donors (Lipinski definition) is 2. The Balaban J connectivity index is 1.78. The number of aromatic hydroxyl groups is 2. The summed E-state index contributed by atoms with van der Waals surface area (Å²) in [7, 11) is 0. The number of nitrogens with zero attached hydrogens (tertiary/aromatic N) is 3. The highest BCUT2D eigenvalue weighted by Crippen LogP contribution is 2.13. The number of phenols is 2. The minimum Gasteiger partial charge on any atom is -0.507 e. The van der Waals surface area contributed by atoms with Gasteiger partial charge in [0.25, 0.3) is 0 Å². The number of carbonyl (C=O) groups is 1. The average Bonchev–Trinajstić information content (AvgIpc) is 2.73. The lowest BCUT2D eigenvalue weighted by atomic mass is 10.1. The quantitative estimate of drug-likeness (QED) is 0.436. The first-order chi connectivity index (χ1) is 14.5. The summed E-state index contributed by atoms with van der Waals surface area (Å²) < 4.78 is 0. The predicted molar refractivity (Wildman–Crippen MR) is 122 cm³/mol. The maximum absolute atomic E-state index is 12.5. The van der Waals surface area contributed by atoms with E-state index in [4.69, 9.17) is 0 Å². The fraction of sp³-hybridized carbons (Fsp3) is 0.375. The van der Waals surface area contributed by atoms with E-state index in [-0.39, 0.29) is 23.3 Å². The van der Waals surface area contributed by atoms with Gasteiger partial charge in [-0.1, -0.05) is 38.1 Å². The average molecular weight is 410 g/mol. The Morgan fingerprint density at radius 1 is 0.867 bits per heavy atom. The van der Waals surface area contributed by atoms with E-state index in [1.54, 1.807) is 36.7 Å². The molecule has 160 valence electrons. The van der Waals surface area contributed by atoms with Crippen LogP contribution in [-0.4, -0.2) is 59.6 Å². The molecule has 0 aliphatic rings. The molecule has 2 aromatic rings. The Morgan fingerprint density at radius 3 is 1.70 bits per heavy atom. The molecule has 1 amide bonds. The number of hydrogen-bond acceptors (Lipinski definition) is 5. The van der Waals surface area contributed by atoms with Crippen molar-refractivity contribution in [1.82, 2.24) is 4.90 Å². The number of carbonyl (C=O) groups excluding carboxylic acids is 1. The van der Waals surface area contributed by atoms with Gasteiger partial charge in [0, 0.05) is 55.7 Å². The van der Waals surface area contributed by atoms with Crippen molar-refractivity contribution < 1.29 is 15.0 Å². The van der Waals surface area contributed by atoms with Crippen LogP contribution in [0, 0.1) is 5.92 Å². The van der Waals surface area contributed by atoms with Crippen LogP contribution in [0.4, 0.5) is 0 Å². The van der Waals surface area contributed by atoms with Gasteiger partial charge in [-0.15, -0.1) is 0 Å². The normalized spacial score (nSPS) is 11.6. The zero-order chi connectivity index (χ0) is 21.8. The van der Waals surface area contributed by atoms with Gasteiger partial charge in [0.15, 0.2) is 0 Å². The summed E-state index contributed by atoms with van der Waals surface area (Å²) in [4.78, 5) is 23.1. The Labute approximate surface area is 178 Å². The number of aliphatic imine (C=N–C) groups is 2. The first kappa shape index (κ1) is 23.1. The highest BCUT2D eigenvalue weighted by molar-refractivity contribution is 5.83. The molecule has 6 nitrogen and oxygen atoms in total. The van der Waals surface area contributed by atoms with Gasteiger partial charge in [0.05, 0.1) is 0 Å². The van der Waals surface area contributed by atoms with E-state index in [1.165, 1.54) is 0 Å². The lowest BCUT2D eigenvalue weighted by Crippen LogP contribution is -2.36. The Bertz CT molecular complexity index is 801. The van der Waals surface area contributed by atoms with Crippen LogP contribution < -0.4 is 0 Å². The topological polar surface area (TPSA) is 85.5 Å². The molecular formula is C24H31N3O3. The van der Waals surface area contributed by atoms with Crippen LogP contribution in [0.15, 0.2) is 58.5 Å². The number of para-hydroxylation sites is 2. The summed E-state index contributed by atoms with van der Waals surface area (Å²) >= 11 is 0. The monoisotopic (exact) mass is 409 g/mol. The van der Waals surface area contributed by atoms with Crippen LogP contribution in [0.1, 0.15) is 37.8 Å². The van der Waals surface area contributed by atoms with Gasteiger partial charge in [-0.3, -0.25) is 14.8 Å². The van der Waals surface area contributed by atoms with Crippen molar-refractivity contribution >= 4 is 18.3 Å². The van der Waals surface area contributed by atoms with Gasteiger partial charge >= 0.3 is 0 Å². The summed E-state index contributed by atoms with van der Waals surface area (Å²) in [5, 5.41) is 19.5. The first-order valence-electron chi connectivity index (χ1n) is 10.3. The molecule has 0 spiro atoms. The summed E-state index contributed by atoms with van der Waals surface area (Å²) in [6.07, 6.45) is 4.84. The highest BCUT2D eigenvalue weighted by atomic mass is 16.3.